The maximum atomic E-state index is 11.2. The summed E-state index contributed by atoms with van der Waals surface area (Å²) in [5, 5.41) is 8.41. The number of benzene rings is 1. The first-order valence-electron chi connectivity index (χ1n) is 5.38. The van der Waals surface area contributed by atoms with Crippen molar-refractivity contribution in [1.29, 1.82) is 0 Å². The zero-order chi connectivity index (χ0) is 13.2. The van der Waals surface area contributed by atoms with Crippen LogP contribution in [0.25, 0.3) is 0 Å². The Morgan fingerprint density at radius 2 is 1.67 bits per heavy atom. The van der Waals surface area contributed by atoms with Gasteiger partial charge in [0, 0.05) is 12.2 Å². The van der Waals surface area contributed by atoms with Crippen molar-refractivity contribution in [2.75, 3.05) is 13.2 Å². The molecule has 1 aromatic carbocycles. The van der Waals surface area contributed by atoms with Gasteiger partial charge < -0.3 is 14.6 Å². The normalized spacial score (nSPS) is 10.3. The third kappa shape index (κ3) is 5.81. The molecule has 1 N–H and O–H groups in total. The van der Waals surface area contributed by atoms with Crippen molar-refractivity contribution in [2.24, 2.45) is 0 Å². The Kier molecular flexibility index (Phi) is 6.21. The number of aliphatic hydroxyl groups excluding tert-OH is 1. The summed E-state index contributed by atoms with van der Waals surface area (Å²) in [4.78, 5) is 22.2. The first kappa shape index (κ1) is 13.9. The minimum atomic E-state index is -0.694. The second-order valence-electron chi connectivity index (χ2n) is 3.32. The van der Waals surface area contributed by atoms with E-state index >= 15 is 0 Å². The predicted octanol–water partition coefficient (Wildman–Crippen LogP) is 0.821. The van der Waals surface area contributed by atoms with Crippen molar-refractivity contribution in [3.05, 3.63) is 48.0 Å². The van der Waals surface area contributed by atoms with E-state index < -0.39 is 11.9 Å². The van der Waals surface area contributed by atoms with Crippen LogP contribution in [0, 0.1) is 0 Å². The molecule has 0 aliphatic rings. The fourth-order valence-corrected chi connectivity index (χ4v) is 1.11. The van der Waals surface area contributed by atoms with E-state index in [1.165, 1.54) is 0 Å². The molecule has 0 spiro atoms. The Hall–Kier alpha value is -2.14. The van der Waals surface area contributed by atoms with Gasteiger partial charge >= 0.3 is 11.9 Å². The highest BCUT2D eigenvalue weighted by Crippen LogP contribution is 2.00. The molecule has 0 bridgehead atoms. The van der Waals surface area contributed by atoms with E-state index in [0.29, 0.717) is 0 Å². The molecule has 0 radical (unpaired) electrons. The third-order valence-corrected chi connectivity index (χ3v) is 1.92. The van der Waals surface area contributed by atoms with Gasteiger partial charge in [0.25, 0.3) is 0 Å². The number of ether oxygens (including phenoxy) is 2. The van der Waals surface area contributed by atoms with E-state index in [1.54, 1.807) is 0 Å². The molecule has 1 aromatic rings. The van der Waals surface area contributed by atoms with Crippen LogP contribution in [-0.2, 0) is 25.7 Å². The quantitative estimate of drug-likeness (QED) is 0.597. The van der Waals surface area contributed by atoms with Gasteiger partial charge in [0.05, 0.1) is 6.61 Å². The number of esters is 2. The van der Waals surface area contributed by atoms with E-state index in [4.69, 9.17) is 9.84 Å². The highest BCUT2D eigenvalue weighted by Gasteiger charge is 2.01. The van der Waals surface area contributed by atoms with Gasteiger partial charge in [-0.25, -0.2) is 9.59 Å². The Morgan fingerprint density at radius 1 is 1.06 bits per heavy atom. The van der Waals surface area contributed by atoms with Gasteiger partial charge in [-0.15, -0.1) is 0 Å². The lowest BCUT2D eigenvalue weighted by atomic mass is 10.2. The molecule has 0 saturated carbocycles. The van der Waals surface area contributed by atoms with Crippen molar-refractivity contribution in [2.45, 2.75) is 6.61 Å². The average molecular weight is 250 g/mol. The van der Waals surface area contributed by atoms with Gasteiger partial charge in [0.15, 0.2) is 0 Å². The third-order valence-electron chi connectivity index (χ3n) is 1.92. The molecule has 0 atom stereocenters. The van der Waals surface area contributed by atoms with Gasteiger partial charge in [-0.2, -0.15) is 0 Å². The summed E-state index contributed by atoms with van der Waals surface area (Å²) in [6, 6.07) is 9.19. The van der Waals surface area contributed by atoms with Crippen LogP contribution in [0.15, 0.2) is 42.5 Å². The SMILES string of the molecule is O=C(/C=C\C(=O)OCc1ccccc1)OCCO. The molecule has 5 nitrogen and oxygen atoms in total. The molecule has 0 aliphatic heterocycles. The molecule has 0 fully saturated rings. The molecule has 96 valence electrons. The summed E-state index contributed by atoms with van der Waals surface area (Å²) >= 11 is 0. The maximum absolute atomic E-state index is 11.2. The first-order valence-corrected chi connectivity index (χ1v) is 5.38. The van der Waals surface area contributed by atoms with Crippen LogP contribution in [0.3, 0.4) is 0 Å². The van der Waals surface area contributed by atoms with Gasteiger partial charge in [-0.3, -0.25) is 0 Å². The van der Waals surface area contributed by atoms with Crippen molar-refractivity contribution in [3.63, 3.8) is 0 Å². The van der Waals surface area contributed by atoms with Crippen LogP contribution in [0.5, 0.6) is 0 Å². The van der Waals surface area contributed by atoms with E-state index in [-0.39, 0.29) is 19.8 Å². The minimum Gasteiger partial charge on any atom is -0.460 e. The van der Waals surface area contributed by atoms with Gasteiger partial charge in [0.2, 0.25) is 0 Å². The van der Waals surface area contributed by atoms with Crippen LogP contribution < -0.4 is 0 Å². The predicted molar refractivity (Wildman–Crippen MR) is 63.4 cm³/mol. The lowest BCUT2D eigenvalue weighted by Crippen LogP contribution is -2.07. The van der Waals surface area contributed by atoms with Crippen LogP contribution in [0.4, 0.5) is 0 Å². The molecule has 5 heteroatoms. The molecule has 0 aliphatic carbocycles. The largest absolute Gasteiger partial charge is 0.460 e. The zero-order valence-corrected chi connectivity index (χ0v) is 9.74. The second kappa shape index (κ2) is 8.03. The summed E-state index contributed by atoms with van der Waals surface area (Å²) in [7, 11) is 0. The van der Waals surface area contributed by atoms with Crippen LogP contribution in [-0.4, -0.2) is 30.3 Å². The number of aliphatic hydroxyl groups is 1. The molecule has 18 heavy (non-hydrogen) atoms. The van der Waals surface area contributed by atoms with Crippen LogP contribution in [0.1, 0.15) is 5.56 Å². The topological polar surface area (TPSA) is 72.8 Å². The molecular weight excluding hydrogens is 236 g/mol. The smallest absolute Gasteiger partial charge is 0.331 e. The Morgan fingerprint density at radius 3 is 2.28 bits per heavy atom. The van der Waals surface area contributed by atoms with E-state index in [9.17, 15) is 9.59 Å². The highest BCUT2D eigenvalue weighted by molar-refractivity contribution is 5.91. The minimum absolute atomic E-state index is 0.0950. The number of carbonyl (C=O) groups excluding carboxylic acids is 2. The lowest BCUT2D eigenvalue weighted by Gasteiger charge is -2.01. The van der Waals surface area contributed by atoms with Crippen LogP contribution >= 0.6 is 0 Å². The summed E-state index contributed by atoms with van der Waals surface area (Å²) in [5.74, 6) is -1.32. The molecule has 0 amide bonds. The summed E-state index contributed by atoms with van der Waals surface area (Å²) in [5.41, 5.74) is 0.863. The molecule has 0 heterocycles. The molecule has 0 saturated heterocycles. The number of hydrogen-bond acceptors (Lipinski definition) is 5. The van der Waals surface area contributed by atoms with E-state index in [0.717, 1.165) is 17.7 Å². The zero-order valence-electron chi connectivity index (χ0n) is 9.74. The number of carbonyl (C=O) groups is 2. The number of hydrogen-bond donors (Lipinski definition) is 1. The summed E-state index contributed by atoms with van der Waals surface area (Å²) < 4.78 is 9.42. The molecule has 0 aromatic heterocycles. The monoisotopic (exact) mass is 250 g/mol. The lowest BCUT2D eigenvalue weighted by molar-refractivity contribution is -0.141. The van der Waals surface area contributed by atoms with E-state index in [1.807, 2.05) is 30.3 Å². The average Bonchev–Trinajstić information content (AvgIpc) is 2.41. The maximum Gasteiger partial charge on any atom is 0.331 e. The van der Waals surface area contributed by atoms with Crippen molar-refractivity contribution >= 4 is 11.9 Å². The van der Waals surface area contributed by atoms with Crippen LogP contribution in [0.2, 0.25) is 0 Å². The first-order chi connectivity index (χ1) is 8.72. The molecular formula is C13H14O5. The summed E-state index contributed by atoms with van der Waals surface area (Å²) in [6.07, 6.45) is 1.95. The van der Waals surface area contributed by atoms with Gasteiger partial charge in [0.1, 0.15) is 13.2 Å². The number of rotatable bonds is 6. The molecule has 1 rings (SSSR count). The van der Waals surface area contributed by atoms with E-state index in [2.05, 4.69) is 4.74 Å². The van der Waals surface area contributed by atoms with Crippen molar-refractivity contribution in [1.82, 2.24) is 0 Å². The summed E-state index contributed by atoms with van der Waals surface area (Å²) in [6.45, 7) is -0.198. The highest BCUT2D eigenvalue weighted by atomic mass is 16.5. The van der Waals surface area contributed by atoms with Gasteiger partial charge in [-0.05, 0) is 5.56 Å². The fraction of sp³-hybridized carbons (Fsp3) is 0.231. The van der Waals surface area contributed by atoms with Crippen molar-refractivity contribution in [3.8, 4) is 0 Å². The fourth-order valence-electron chi connectivity index (χ4n) is 1.11. The molecule has 0 unspecified atom stereocenters. The van der Waals surface area contributed by atoms with Crippen molar-refractivity contribution < 1.29 is 24.2 Å². The Labute approximate surface area is 105 Å². The second-order valence-corrected chi connectivity index (χ2v) is 3.32. The van der Waals surface area contributed by atoms with Gasteiger partial charge in [-0.1, -0.05) is 30.3 Å². The Bertz CT molecular complexity index is 411. The standard InChI is InChI=1S/C13H14O5/c14-8-9-17-12(15)6-7-13(16)18-10-11-4-2-1-3-5-11/h1-7,14H,8-10H2/b7-6-. The Balaban J connectivity index is 2.29.